The van der Waals surface area contributed by atoms with Gasteiger partial charge in [-0.1, -0.05) is 39.8 Å². The second-order valence-electron chi connectivity index (χ2n) is 20.8. The SMILES string of the molecule is CC(C)CC(NC(=O)C(Cc1ccc(O)cc1)NC(=O)C1CCCN1C(=O)C(NC(=O)C(CO)NC(=O)C(CCCCN)NC(=O)C(NC(=O)C(N)CCC(=O)O)C(C)C)C(C)O)C(=O)NC(CO)C(=O)NC(CCCCN)C(=O)O. The number of hydrogen-bond donors (Lipinski definition) is 17. The minimum atomic E-state index is -1.78. The molecule has 11 unspecified atom stereocenters. The van der Waals surface area contributed by atoms with Gasteiger partial charge in [-0.15, -0.1) is 0 Å². The van der Waals surface area contributed by atoms with Gasteiger partial charge in [0.05, 0.1) is 25.4 Å². The molecule has 9 amide bonds. The zero-order valence-electron chi connectivity index (χ0n) is 46.7. The van der Waals surface area contributed by atoms with Crippen molar-refractivity contribution < 1.29 is 83.4 Å². The molecule has 0 bridgehead atoms. The van der Waals surface area contributed by atoms with Crippen LogP contribution in [0.15, 0.2) is 24.3 Å². The lowest BCUT2D eigenvalue weighted by molar-refractivity contribution is -0.145. The molecule has 81 heavy (non-hydrogen) atoms. The normalized spacial score (nSPS) is 16.9. The van der Waals surface area contributed by atoms with Gasteiger partial charge in [0.2, 0.25) is 53.2 Å². The van der Waals surface area contributed by atoms with E-state index in [1.165, 1.54) is 31.2 Å². The highest BCUT2D eigenvalue weighted by Gasteiger charge is 2.42. The van der Waals surface area contributed by atoms with E-state index < -0.39 is 157 Å². The molecule has 0 spiro atoms. The highest BCUT2D eigenvalue weighted by Crippen LogP contribution is 2.21. The first-order valence-electron chi connectivity index (χ1n) is 27.2. The first-order chi connectivity index (χ1) is 38.2. The van der Waals surface area contributed by atoms with Crippen molar-refractivity contribution in [3.63, 3.8) is 0 Å². The molecule has 1 fully saturated rings. The van der Waals surface area contributed by atoms with E-state index in [2.05, 4.69) is 42.5 Å². The molecule has 1 aliphatic rings. The first-order valence-corrected chi connectivity index (χ1v) is 27.2. The number of aliphatic hydroxyl groups is 3. The van der Waals surface area contributed by atoms with Crippen LogP contribution in [-0.4, -0.2) is 200 Å². The fourth-order valence-electron chi connectivity index (χ4n) is 8.63. The molecule has 29 nitrogen and oxygen atoms in total. The Morgan fingerprint density at radius 3 is 1.58 bits per heavy atom. The quantitative estimate of drug-likeness (QED) is 0.0279. The molecule has 0 saturated carbocycles. The van der Waals surface area contributed by atoms with E-state index in [4.69, 9.17) is 22.3 Å². The summed E-state index contributed by atoms with van der Waals surface area (Å²) < 4.78 is 0. The predicted molar refractivity (Wildman–Crippen MR) is 290 cm³/mol. The number of carboxylic acid groups (broad SMARTS) is 2. The fraction of sp³-hybridized carbons (Fsp3) is 0.673. The molecule has 1 saturated heterocycles. The summed E-state index contributed by atoms with van der Waals surface area (Å²) >= 11 is 0. The van der Waals surface area contributed by atoms with Crippen LogP contribution in [0.3, 0.4) is 0 Å². The van der Waals surface area contributed by atoms with Crippen LogP contribution in [0.2, 0.25) is 0 Å². The molecule has 1 aromatic carbocycles. The molecular weight excluding hydrogens is 1060 g/mol. The third-order valence-electron chi connectivity index (χ3n) is 13.3. The Bertz CT molecular complexity index is 2270. The summed E-state index contributed by atoms with van der Waals surface area (Å²) in [5.41, 5.74) is 17.4. The highest BCUT2D eigenvalue weighted by molar-refractivity contribution is 5.99. The van der Waals surface area contributed by atoms with Crippen LogP contribution in [0.1, 0.15) is 111 Å². The molecule has 0 aromatic heterocycles. The number of carbonyl (C=O) groups excluding carboxylic acids is 9. The molecule has 0 radical (unpaired) electrons. The summed E-state index contributed by atoms with van der Waals surface area (Å²) in [6.07, 6.45) is -0.673. The number of nitrogens with two attached hydrogens (primary N) is 3. The lowest BCUT2D eigenvalue weighted by atomic mass is 10.00. The van der Waals surface area contributed by atoms with Crippen LogP contribution in [-0.2, 0) is 59.2 Å². The number of aromatic hydroxyl groups is 1. The van der Waals surface area contributed by atoms with Crippen molar-refractivity contribution >= 4 is 65.1 Å². The Morgan fingerprint density at radius 1 is 0.593 bits per heavy atom. The Kier molecular flexibility index (Phi) is 30.8. The molecule has 1 aromatic rings. The largest absolute Gasteiger partial charge is 0.508 e. The molecule has 11 atom stereocenters. The number of amides is 9. The van der Waals surface area contributed by atoms with E-state index in [1.807, 2.05) is 0 Å². The molecule has 1 heterocycles. The summed E-state index contributed by atoms with van der Waals surface area (Å²) in [5.74, 6) is -11.9. The monoisotopic (exact) mass is 1150 g/mol. The number of benzene rings is 1. The Labute approximate surface area is 470 Å². The van der Waals surface area contributed by atoms with Crippen molar-refractivity contribution in [1.29, 1.82) is 0 Å². The number of phenolic OH excluding ortho intramolecular Hbond substituents is 1. The molecule has 0 aliphatic carbocycles. The van der Waals surface area contributed by atoms with Crippen molar-refractivity contribution in [3.8, 4) is 5.75 Å². The number of unbranched alkanes of at least 4 members (excludes halogenated alkanes) is 2. The number of rotatable bonds is 37. The number of carbonyl (C=O) groups is 11. The summed E-state index contributed by atoms with van der Waals surface area (Å²) in [5, 5.41) is 79.6. The predicted octanol–water partition coefficient (Wildman–Crippen LogP) is -4.59. The highest BCUT2D eigenvalue weighted by atomic mass is 16.4. The number of nitrogens with one attached hydrogen (secondary N) is 8. The second kappa shape index (κ2) is 35.6. The molecule has 456 valence electrons. The van der Waals surface area contributed by atoms with E-state index in [0.29, 0.717) is 37.8 Å². The average molecular weight is 1150 g/mol. The number of aliphatic carboxylic acids is 2. The van der Waals surface area contributed by atoms with Crippen LogP contribution in [0, 0.1) is 11.8 Å². The van der Waals surface area contributed by atoms with Gasteiger partial charge in [-0.05, 0) is 114 Å². The maximum Gasteiger partial charge on any atom is 0.326 e. The van der Waals surface area contributed by atoms with Crippen LogP contribution in [0.25, 0.3) is 0 Å². The lowest BCUT2D eigenvalue weighted by Gasteiger charge is -2.32. The Hall–Kier alpha value is -7.05. The summed E-state index contributed by atoms with van der Waals surface area (Å²) in [6.45, 7) is 6.30. The van der Waals surface area contributed by atoms with Crippen LogP contribution >= 0.6 is 0 Å². The van der Waals surface area contributed by atoms with Crippen molar-refractivity contribution in [3.05, 3.63) is 29.8 Å². The third kappa shape index (κ3) is 23.9. The van der Waals surface area contributed by atoms with Gasteiger partial charge < -0.3 is 95.3 Å². The van der Waals surface area contributed by atoms with Gasteiger partial charge >= 0.3 is 11.9 Å². The number of hydrogen-bond acceptors (Lipinski definition) is 18. The maximum absolute atomic E-state index is 14.3. The minimum Gasteiger partial charge on any atom is -0.508 e. The first kappa shape index (κ1) is 70.1. The van der Waals surface area contributed by atoms with Crippen molar-refractivity contribution in [2.24, 2.45) is 29.0 Å². The molecular formula is C52H86N12O17. The standard InChI is InChI=1S/C52H86N12O17/c1-27(2)23-35(45(73)61-37(25-65)47(75)57-34(52(80)81)12-7-9-21-54)58-46(74)36(24-30-14-16-31(68)17-15-30)59-49(77)39-13-10-22-64(39)51(79)42(29(5)67)63-48(76)38(26-66)60-44(72)33(11-6-8-20-53)56-50(78)41(28(3)4)62-43(71)32(55)18-19-40(69)70/h14-17,27-29,32-39,41-42,65-68H,6-13,18-26,53-55H2,1-5H3,(H,56,78)(H,57,75)(H,58,74)(H,59,77)(H,60,72)(H,61,73)(H,62,71)(H,63,76)(H,69,70)(H,80,81). The Morgan fingerprint density at radius 2 is 1.07 bits per heavy atom. The average Bonchev–Trinajstić information content (AvgIpc) is 3.97. The number of phenols is 1. The lowest BCUT2D eigenvalue weighted by Crippen LogP contribution is -2.62. The van der Waals surface area contributed by atoms with Crippen molar-refractivity contribution in [2.45, 2.75) is 178 Å². The minimum absolute atomic E-state index is 0.0202. The van der Waals surface area contributed by atoms with Crippen molar-refractivity contribution in [2.75, 3.05) is 32.8 Å². The zero-order chi connectivity index (χ0) is 61.1. The van der Waals surface area contributed by atoms with Crippen LogP contribution < -0.4 is 59.7 Å². The third-order valence-corrected chi connectivity index (χ3v) is 13.3. The number of aliphatic hydroxyl groups excluding tert-OH is 3. The maximum atomic E-state index is 14.3. The van der Waals surface area contributed by atoms with Crippen LogP contribution in [0.5, 0.6) is 5.75 Å². The topological polar surface area (TPSA) is 487 Å². The van der Waals surface area contributed by atoms with Gasteiger partial charge in [0.15, 0.2) is 0 Å². The van der Waals surface area contributed by atoms with E-state index >= 15 is 0 Å². The zero-order valence-corrected chi connectivity index (χ0v) is 46.7. The summed E-state index contributed by atoms with van der Waals surface area (Å²) in [7, 11) is 0. The summed E-state index contributed by atoms with van der Waals surface area (Å²) in [6, 6.07) is -8.97. The van der Waals surface area contributed by atoms with E-state index in [0.717, 1.165) is 4.90 Å². The van der Waals surface area contributed by atoms with Gasteiger partial charge in [0.1, 0.15) is 60.1 Å². The van der Waals surface area contributed by atoms with Gasteiger partial charge in [0, 0.05) is 19.4 Å². The van der Waals surface area contributed by atoms with Crippen molar-refractivity contribution in [1.82, 2.24) is 47.4 Å². The number of carboxylic acids is 2. The smallest absolute Gasteiger partial charge is 0.326 e. The van der Waals surface area contributed by atoms with Crippen LogP contribution in [0.4, 0.5) is 0 Å². The van der Waals surface area contributed by atoms with E-state index in [-0.39, 0.29) is 69.7 Å². The number of likely N-dealkylation sites (tertiary alicyclic amines) is 1. The molecule has 29 heteroatoms. The fourth-order valence-corrected chi connectivity index (χ4v) is 8.63. The van der Waals surface area contributed by atoms with E-state index in [9.17, 15) is 78.3 Å². The molecule has 20 N–H and O–H groups in total. The van der Waals surface area contributed by atoms with E-state index in [1.54, 1.807) is 27.7 Å². The summed E-state index contributed by atoms with van der Waals surface area (Å²) in [4.78, 5) is 148. The molecule has 1 aliphatic heterocycles. The van der Waals surface area contributed by atoms with Gasteiger partial charge in [0.25, 0.3) is 0 Å². The number of nitrogens with zero attached hydrogens (tertiary/aromatic N) is 1. The van der Waals surface area contributed by atoms with Gasteiger partial charge in [-0.25, -0.2) is 4.79 Å². The van der Waals surface area contributed by atoms with Gasteiger partial charge in [-0.2, -0.15) is 0 Å². The van der Waals surface area contributed by atoms with Gasteiger partial charge in [-0.3, -0.25) is 47.9 Å². The molecule has 2 rings (SSSR count). The Balaban J connectivity index is 2.36. The second-order valence-corrected chi connectivity index (χ2v) is 20.8.